The second kappa shape index (κ2) is 6.89. The van der Waals surface area contributed by atoms with Crippen molar-refractivity contribution in [2.75, 3.05) is 19.7 Å². The molecule has 2 atom stereocenters. The van der Waals surface area contributed by atoms with Crippen molar-refractivity contribution in [3.05, 3.63) is 35.4 Å². The minimum absolute atomic E-state index is 0. The van der Waals surface area contributed by atoms with E-state index in [0.717, 1.165) is 5.56 Å². The number of aliphatic carboxylic acids is 1. The summed E-state index contributed by atoms with van der Waals surface area (Å²) in [6.07, 6.45) is -0.0262. The average Bonchev–Trinajstić information content (AvgIpc) is 2.32. The van der Waals surface area contributed by atoms with Crippen LogP contribution < -0.4 is 0 Å². The van der Waals surface area contributed by atoms with Crippen LogP contribution in [0, 0.1) is 6.92 Å². The van der Waals surface area contributed by atoms with Crippen LogP contribution in [0.15, 0.2) is 24.3 Å². The standard InChI is InChI=1S/C14H19NO3.ClH/c1-10-5-3-4-6-12(10)13-7-15(8-14(16)17)11(2)9-18-13;/h3-6,11,13H,7-9H2,1-2H3,(H,16,17);1H. The van der Waals surface area contributed by atoms with Crippen molar-refractivity contribution in [1.29, 1.82) is 0 Å². The predicted octanol–water partition coefficient (Wildman–Crippen LogP) is 2.26. The van der Waals surface area contributed by atoms with Crippen LogP contribution >= 0.6 is 12.4 Å². The van der Waals surface area contributed by atoms with Gasteiger partial charge in [-0.15, -0.1) is 12.4 Å². The number of nitrogens with zero attached hydrogens (tertiary/aromatic N) is 1. The van der Waals surface area contributed by atoms with Crippen molar-refractivity contribution in [3.8, 4) is 0 Å². The molecule has 5 heteroatoms. The summed E-state index contributed by atoms with van der Waals surface area (Å²) in [4.78, 5) is 12.8. The third kappa shape index (κ3) is 3.93. The molecule has 1 fully saturated rings. The lowest BCUT2D eigenvalue weighted by molar-refractivity contribution is -0.142. The highest BCUT2D eigenvalue weighted by molar-refractivity contribution is 5.85. The van der Waals surface area contributed by atoms with Crippen LogP contribution in [-0.2, 0) is 9.53 Å². The Morgan fingerprint density at radius 3 is 2.79 bits per heavy atom. The zero-order chi connectivity index (χ0) is 13.1. The molecule has 0 spiro atoms. The number of carboxylic acid groups (broad SMARTS) is 1. The van der Waals surface area contributed by atoms with Gasteiger partial charge in [-0.3, -0.25) is 9.69 Å². The van der Waals surface area contributed by atoms with Crippen molar-refractivity contribution >= 4 is 18.4 Å². The fourth-order valence-corrected chi connectivity index (χ4v) is 2.34. The zero-order valence-electron chi connectivity index (χ0n) is 11.2. The highest BCUT2D eigenvalue weighted by atomic mass is 35.5. The van der Waals surface area contributed by atoms with Crippen molar-refractivity contribution in [1.82, 2.24) is 4.90 Å². The van der Waals surface area contributed by atoms with Crippen LogP contribution in [0.3, 0.4) is 0 Å². The Morgan fingerprint density at radius 2 is 2.16 bits per heavy atom. The number of rotatable bonds is 3. The fraction of sp³-hybridized carbons (Fsp3) is 0.500. The summed E-state index contributed by atoms with van der Waals surface area (Å²) in [6.45, 7) is 5.34. The average molecular weight is 286 g/mol. The molecule has 0 saturated carbocycles. The Hall–Kier alpha value is -1.10. The number of carbonyl (C=O) groups is 1. The van der Waals surface area contributed by atoms with E-state index >= 15 is 0 Å². The van der Waals surface area contributed by atoms with E-state index in [-0.39, 0.29) is 31.1 Å². The van der Waals surface area contributed by atoms with Crippen LogP contribution in [0.25, 0.3) is 0 Å². The third-order valence-corrected chi connectivity index (χ3v) is 3.44. The number of carboxylic acids is 1. The number of morpholine rings is 1. The van der Waals surface area contributed by atoms with Gasteiger partial charge in [0.05, 0.1) is 19.3 Å². The van der Waals surface area contributed by atoms with Gasteiger partial charge in [0.25, 0.3) is 0 Å². The van der Waals surface area contributed by atoms with Crippen molar-refractivity contribution in [2.24, 2.45) is 0 Å². The molecule has 0 radical (unpaired) electrons. The van der Waals surface area contributed by atoms with Crippen molar-refractivity contribution in [3.63, 3.8) is 0 Å². The molecule has 2 unspecified atom stereocenters. The van der Waals surface area contributed by atoms with Crippen LogP contribution in [0.2, 0.25) is 0 Å². The molecule has 4 nitrogen and oxygen atoms in total. The minimum Gasteiger partial charge on any atom is -0.480 e. The second-order valence-electron chi connectivity index (χ2n) is 4.85. The molecule has 0 aliphatic carbocycles. The first-order valence-corrected chi connectivity index (χ1v) is 6.21. The highest BCUT2D eigenvalue weighted by Crippen LogP contribution is 2.26. The van der Waals surface area contributed by atoms with Gasteiger partial charge in [-0.2, -0.15) is 0 Å². The van der Waals surface area contributed by atoms with Gasteiger partial charge < -0.3 is 9.84 Å². The summed E-state index contributed by atoms with van der Waals surface area (Å²) in [5, 5.41) is 8.91. The molecule has 2 rings (SSSR count). The lowest BCUT2D eigenvalue weighted by Crippen LogP contribution is -2.47. The molecule has 1 aromatic carbocycles. The molecular formula is C14H20ClNO3. The molecule has 0 amide bonds. The number of benzene rings is 1. The lowest BCUT2D eigenvalue weighted by atomic mass is 10.0. The first-order valence-electron chi connectivity index (χ1n) is 6.21. The SMILES string of the molecule is Cc1ccccc1C1CN(CC(=O)O)C(C)CO1.Cl. The van der Waals surface area contributed by atoms with E-state index in [4.69, 9.17) is 9.84 Å². The number of aryl methyl sites for hydroxylation is 1. The molecule has 1 aromatic rings. The topological polar surface area (TPSA) is 49.8 Å². The normalized spacial score (nSPS) is 23.7. The van der Waals surface area contributed by atoms with Crippen molar-refractivity contribution in [2.45, 2.75) is 26.0 Å². The first kappa shape index (κ1) is 16.0. The highest BCUT2D eigenvalue weighted by Gasteiger charge is 2.28. The molecule has 1 N–H and O–H groups in total. The Bertz CT molecular complexity index is 438. The summed E-state index contributed by atoms with van der Waals surface area (Å²) in [5.41, 5.74) is 2.34. The van der Waals surface area contributed by atoms with Gasteiger partial charge in [0.2, 0.25) is 0 Å². The Labute approximate surface area is 119 Å². The van der Waals surface area contributed by atoms with Gasteiger partial charge in [-0.1, -0.05) is 24.3 Å². The molecule has 19 heavy (non-hydrogen) atoms. The molecule has 1 aliphatic rings. The molecule has 0 bridgehead atoms. The number of ether oxygens (including phenoxy) is 1. The van der Waals surface area contributed by atoms with Gasteiger partial charge in [0.15, 0.2) is 0 Å². The largest absolute Gasteiger partial charge is 0.480 e. The summed E-state index contributed by atoms with van der Waals surface area (Å²) in [5.74, 6) is -0.785. The maximum absolute atomic E-state index is 10.8. The lowest BCUT2D eigenvalue weighted by Gasteiger charge is -2.37. The van der Waals surface area contributed by atoms with Gasteiger partial charge in [0.1, 0.15) is 0 Å². The summed E-state index contributed by atoms with van der Waals surface area (Å²) >= 11 is 0. The van der Waals surface area contributed by atoms with Crippen LogP contribution in [-0.4, -0.2) is 41.7 Å². The Balaban J connectivity index is 0.00000180. The van der Waals surface area contributed by atoms with Crippen molar-refractivity contribution < 1.29 is 14.6 Å². The molecule has 1 heterocycles. The second-order valence-corrected chi connectivity index (χ2v) is 4.85. The number of hydrogen-bond donors (Lipinski definition) is 1. The molecule has 1 saturated heterocycles. The first-order chi connectivity index (χ1) is 8.58. The molecule has 106 valence electrons. The zero-order valence-corrected chi connectivity index (χ0v) is 12.0. The van der Waals surface area contributed by atoms with E-state index < -0.39 is 5.97 Å². The van der Waals surface area contributed by atoms with E-state index in [1.54, 1.807) is 0 Å². The van der Waals surface area contributed by atoms with E-state index in [1.807, 2.05) is 24.0 Å². The fourth-order valence-electron chi connectivity index (χ4n) is 2.34. The van der Waals surface area contributed by atoms with Gasteiger partial charge in [-0.05, 0) is 25.0 Å². The number of hydrogen-bond acceptors (Lipinski definition) is 3. The number of halogens is 1. The summed E-state index contributed by atoms with van der Waals surface area (Å²) < 4.78 is 5.83. The molecule has 1 aliphatic heterocycles. The van der Waals surface area contributed by atoms with Gasteiger partial charge in [-0.25, -0.2) is 0 Å². The maximum Gasteiger partial charge on any atom is 0.317 e. The van der Waals surface area contributed by atoms with Crippen LogP contribution in [0.5, 0.6) is 0 Å². The van der Waals surface area contributed by atoms with E-state index in [2.05, 4.69) is 19.1 Å². The third-order valence-electron chi connectivity index (χ3n) is 3.44. The Morgan fingerprint density at radius 1 is 1.47 bits per heavy atom. The van der Waals surface area contributed by atoms with Gasteiger partial charge >= 0.3 is 5.97 Å². The van der Waals surface area contributed by atoms with Crippen LogP contribution in [0.1, 0.15) is 24.2 Å². The monoisotopic (exact) mass is 285 g/mol. The molecular weight excluding hydrogens is 266 g/mol. The minimum atomic E-state index is -0.785. The Kier molecular flexibility index (Phi) is 5.79. The van der Waals surface area contributed by atoms with Gasteiger partial charge in [0, 0.05) is 12.6 Å². The summed E-state index contributed by atoms with van der Waals surface area (Å²) in [6, 6.07) is 8.25. The van der Waals surface area contributed by atoms with E-state index in [0.29, 0.717) is 13.2 Å². The maximum atomic E-state index is 10.8. The molecule has 0 aromatic heterocycles. The summed E-state index contributed by atoms with van der Waals surface area (Å²) in [7, 11) is 0. The van der Waals surface area contributed by atoms with E-state index in [1.165, 1.54) is 5.56 Å². The van der Waals surface area contributed by atoms with Crippen LogP contribution in [0.4, 0.5) is 0 Å². The predicted molar refractivity (Wildman–Crippen MR) is 75.8 cm³/mol. The quantitative estimate of drug-likeness (QED) is 0.925. The smallest absolute Gasteiger partial charge is 0.317 e. The van der Waals surface area contributed by atoms with E-state index in [9.17, 15) is 4.79 Å².